The predicted molar refractivity (Wildman–Crippen MR) is 83.3 cm³/mol. The number of hydrogen-bond donors (Lipinski definition) is 2. The second kappa shape index (κ2) is 7.05. The van der Waals surface area contributed by atoms with Gasteiger partial charge in [-0.25, -0.2) is 4.98 Å². The minimum absolute atomic E-state index is 0.192. The van der Waals surface area contributed by atoms with E-state index in [1.807, 2.05) is 24.3 Å². The van der Waals surface area contributed by atoms with E-state index in [2.05, 4.69) is 34.4 Å². The Morgan fingerprint density at radius 2 is 2.05 bits per heavy atom. The van der Waals surface area contributed by atoms with Gasteiger partial charge in [-0.05, 0) is 25.5 Å². The van der Waals surface area contributed by atoms with Gasteiger partial charge in [-0.1, -0.05) is 19.1 Å². The zero-order valence-electron chi connectivity index (χ0n) is 12.3. The van der Waals surface area contributed by atoms with Crippen molar-refractivity contribution in [3.05, 3.63) is 24.3 Å². The third-order valence-electron chi connectivity index (χ3n) is 2.94. The van der Waals surface area contributed by atoms with E-state index in [0.717, 1.165) is 29.7 Å². The Morgan fingerprint density at radius 1 is 1.25 bits per heavy atom. The van der Waals surface area contributed by atoms with Crippen LogP contribution in [0, 0.1) is 0 Å². The van der Waals surface area contributed by atoms with Crippen LogP contribution in [0.25, 0.3) is 10.9 Å². The van der Waals surface area contributed by atoms with Gasteiger partial charge >= 0.3 is 0 Å². The molecule has 108 valence electrons. The van der Waals surface area contributed by atoms with Crippen molar-refractivity contribution < 1.29 is 4.74 Å². The molecule has 0 aliphatic heterocycles. The van der Waals surface area contributed by atoms with Crippen LogP contribution in [-0.4, -0.2) is 36.3 Å². The minimum atomic E-state index is 0.192. The van der Waals surface area contributed by atoms with Gasteiger partial charge in [0.1, 0.15) is 5.82 Å². The molecule has 0 aliphatic carbocycles. The van der Waals surface area contributed by atoms with Crippen LogP contribution in [0.2, 0.25) is 0 Å². The molecule has 1 aromatic heterocycles. The lowest BCUT2D eigenvalue weighted by molar-refractivity contribution is 0.190. The number of aromatic nitrogens is 2. The number of nitrogens with one attached hydrogen (secondary N) is 2. The van der Waals surface area contributed by atoms with Crippen LogP contribution in [0.1, 0.15) is 20.3 Å². The maximum atomic E-state index is 5.16. The molecule has 5 nitrogen and oxygen atoms in total. The van der Waals surface area contributed by atoms with Gasteiger partial charge in [-0.15, -0.1) is 0 Å². The summed E-state index contributed by atoms with van der Waals surface area (Å²) < 4.78 is 5.16. The van der Waals surface area contributed by atoms with E-state index in [4.69, 9.17) is 4.74 Å². The van der Waals surface area contributed by atoms with Crippen LogP contribution in [0.15, 0.2) is 24.3 Å². The number of nitrogens with zero attached hydrogens (tertiary/aromatic N) is 2. The molecule has 0 radical (unpaired) electrons. The van der Waals surface area contributed by atoms with Gasteiger partial charge in [0.25, 0.3) is 0 Å². The van der Waals surface area contributed by atoms with Crippen molar-refractivity contribution in [3.63, 3.8) is 0 Å². The molecule has 1 aromatic carbocycles. The highest BCUT2D eigenvalue weighted by molar-refractivity contribution is 5.90. The molecule has 1 atom stereocenters. The number of ether oxygens (including phenoxy) is 1. The number of para-hydroxylation sites is 1. The standard InChI is InChI=1S/C15H22N4O/c1-4-9-16-15-18-13-8-6-5-7-12(13)14(19-15)17-11(2)10-20-3/h5-8,11H,4,9-10H2,1-3H3,(H2,16,17,18,19). The highest BCUT2D eigenvalue weighted by Gasteiger charge is 2.09. The van der Waals surface area contributed by atoms with E-state index in [9.17, 15) is 0 Å². The first-order chi connectivity index (χ1) is 9.74. The van der Waals surface area contributed by atoms with E-state index < -0.39 is 0 Å². The molecule has 2 aromatic rings. The van der Waals surface area contributed by atoms with Crippen LogP contribution in [0.5, 0.6) is 0 Å². The highest BCUT2D eigenvalue weighted by atomic mass is 16.5. The first kappa shape index (κ1) is 14.5. The lowest BCUT2D eigenvalue weighted by atomic mass is 10.2. The Balaban J connectivity index is 2.33. The third kappa shape index (κ3) is 3.57. The van der Waals surface area contributed by atoms with Crippen LogP contribution in [-0.2, 0) is 4.74 Å². The summed E-state index contributed by atoms with van der Waals surface area (Å²) >= 11 is 0. The Morgan fingerprint density at radius 3 is 2.80 bits per heavy atom. The lowest BCUT2D eigenvalue weighted by Gasteiger charge is -2.16. The Kier molecular flexibility index (Phi) is 5.12. The molecule has 0 bridgehead atoms. The summed E-state index contributed by atoms with van der Waals surface area (Å²) in [4.78, 5) is 9.10. The predicted octanol–water partition coefficient (Wildman–Crippen LogP) is 2.90. The summed E-state index contributed by atoms with van der Waals surface area (Å²) in [6, 6.07) is 8.21. The van der Waals surface area contributed by atoms with Gasteiger partial charge in [-0.2, -0.15) is 4.98 Å². The van der Waals surface area contributed by atoms with E-state index >= 15 is 0 Å². The molecule has 2 rings (SSSR count). The van der Waals surface area contributed by atoms with Crippen LogP contribution >= 0.6 is 0 Å². The molecular weight excluding hydrogens is 252 g/mol. The highest BCUT2D eigenvalue weighted by Crippen LogP contribution is 2.22. The SMILES string of the molecule is CCCNc1nc(NC(C)COC)c2ccccc2n1. The normalized spacial score (nSPS) is 12.3. The van der Waals surface area contributed by atoms with Crippen molar-refractivity contribution >= 4 is 22.7 Å². The average molecular weight is 274 g/mol. The number of benzene rings is 1. The van der Waals surface area contributed by atoms with Gasteiger partial charge in [0.05, 0.1) is 12.1 Å². The fraction of sp³-hybridized carbons (Fsp3) is 0.467. The zero-order chi connectivity index (χ0) is 14.4. The first-order valence-electron chi connectivity index (χ1n) is 7.00. The monoisotopic (exact) mass is 274 g/mol. The van der Waals surface area contributed by atoms with Crippen molar-refractivity contribution in [2.24, 2.45) is 0 Å². The van der Waals surface area contributed by atoms with Crippen LogP contribution in [0.3, 0.4) is 0 Å². The molecule has 0 fully saturated rings. The zero-order valence-corrected chi connectivity index (χ0v) is 12.3. The van der Waals surface area contributed by atoms with Crippen molar-refractivity contribution in [2.45, 2.75) is 26.3 Å². The number of hydrogen-bond acceptors (Lipinski definition) is 5. The molecule has 0 spiro atoms. The average Bonchev–Trinajstić information content (AvgIpc) is 2.45. The second-order valence-electron chi connectivity index (χ2n) is 4.84. The largest absolute Gasteiger partial charge is 0.383 e. The molecule has 1 heterocycles. The maximum Gasteiger partial charge on any atom is 0.225 e. The summed E-state index contributed by atoms with van der Waals surface area (Å²) in [6.45, 7) is 5.69. The van der Waals surface area contributed by atoms with Crippen molar-refractivity contribution in [3.8, 4) is 0 Å². The van der Waals surface area contributed by atoms with Crippen LogP contribution in [0.4, 0.5) is 11.8 Å². The summed E-state index contributed by atoms with van der Waals surface area (Å²) in [5, 5.41) is 7.65. The van der Waals surface area contributed by atoms with E-state index in [0.29, 0.717) is 12.6 Å². The number of fused-ring (bicyclic) bond motifs is 1. The first-order valence-corrected chi connectivity index (χ1v) is 7.00. The fourth-order valence-electron chi connectivity index (χ4n) is 2.03. The van der Waals surface area contributed by atoms with Gasteiger partial charge in [0, 0.05) is 25.1 Å². The van der Waals surface area contributed by atoms with Crippen molar-refractivity contribution in [2.75, 3.05) is 30.9 Å². The maximum absolute atomic E-state index is 5.16. The Bertz CT molecular complexity index is 559. The minimum Gasteiger partial charge on any atom is -0.383 e. The van der Waals surface area contributed by atoms with Crippen molar-refractivity contribution in [1.82, 2.24) is 9.97 Å². The quantitative estimate of drug-likeness (QED) is 0.813. The van der Waals surface area contributed by atoms with Crippen molar-refractivity contribution in [1.29, 1.82) is 0 Å². The molecule has 0 amide bonds. The van der Waals surface area contributed by atoms with E-state index in [1.165, 1.54) is 0 Å². The molecule has 0 saturated heterocycles. The molecule has 5 heteroatoms. The molecule has 0 aliphatic rings. The number of methoxy groups -OCH3 is 1. The topological polar surface area (TPSA) is 59.1 Å². The number of rotatable bonds is 7. The summed E-state index contributed by atoms with van der Waals surface area (Å²) in [5.41, 5.74) is 0.938. The molecule has 20 heavy (non-hydrogen) atoms. The van der Waals surface area contributed by atoms with Gasteiger partial charge in [-0.3, -0.25) is 0 Å². The molecule has 1 unspecified atom stereocenters. The van der Waals surface area contributed by atoms with Gasteiger partial charge in [0.2, 0.25) is 5.95 Å². The van der Waals surface area contributed by atoms with Crippen LogP contribution < -0.4 is 10.6 Å². The Labute approximate surface area is 119 Å². The third-order valence-corrected chi connectivity index (χ3v) is 2.94. The van der Waals surface area contributed by atoms with Gasteiger partial charge < -0.3 is 15.4 Å². The molecule has 2 N–H and O–H groups in total. The Hall–Kier alpha value is -1.88. The number of anilines is 2. The van der Waals surface area contributed by atoms with E-state index in [-0.39, 0.29) is 6.04 Å². The fourth-order valence-corrected chi connectivity index (χ4v) is 2.03. The molecular formula is C15H22N4O. The smallest absolute Gasteiger partial charge is 0.225 e. The second-order valence-corrected chi connectivity index (χ2v) is 4.84. The van der Waals surface area contributed by atoms with E-state index in [1.54, 1.807) is 7.11 Å². The summed E-state index contributed by atoms with van der Waals surface area (Å²) in [5.74, 6) is 1.51. The summed E-state index contributed by atoms with van der Waals surface area (Å²) in [6.07, 6.45) is 1.04. The van der Waals surface area contributed by atoms with Gasteiger partial charge in [0.15, 0.2) is 0 Å². The lowest BCUT2D eigenvalue weighted by Crippen LogP contribution is -2.22. The summed E-state index contributed by atoms with van der Waals surface area (Å²) in [7, 11) is 1.70. The molecule has 0 saturated carbocycles.